The molecule has 0 spiro atoms. The molecule has 3 unspecified atom stereocenters. The highest BCUT2D eigenvalue weighted by Gasteiger charge is 2.30. The van der Waals surface area contributed by atoms with E-state index in [0.717, 1.165) is 36.0 Å². The van der Waals surface area contributed by atoms with Gasteiger partial charge in [-0.1, -0.05) is 54.2 Å². The molecule has 1 aliphatic rings. The predicted octanol–water partition coefficient (Wildman–Crippen LogP) is 5.64. The molecule has 0 aromatic carbocycles. The van der Waals surface area contributed by atoms with Crippen molar-refractivity contribution in [2.24, 2.45) is 11.8 Å². The molecule has 3 atom stereocenters. The molecule has 1 aromatic rings. The second-order valence-corrected chi connectivity index (χ2v) is 7.88. The topological polar surface area (TPSA) is 17.8 Å². The first-order valence-electron chi connectivity index (χ1n) is 8.48. The van der Waals surface area contributed by atoms with E-state index in [1.165, 1.54) is 37.8 Å². The average molecular weight is 376 g/mol. The van der Waals surface area contributed by atoms with Crippen LogP contribution in [0.5, 0.6) is 0 Å². The molecule has 0 radical (unpaired) electrons. The summed E-state index contributed by atoms with van der Waals surface area (Å²) in [6, 6.07) is 0. The fourth-order valence-electron chi connectivity index (χ4n) is 3.67. The fourth-order valence-corrected chi connectivity index (χ4v) is 4.68. The number of hydrogen-bond donors (Lipinski definition) is 0. The van der Waals surface area contributed by atoms with Gasteiger partial charge in [0.1, 0.15) is 0 Å². The van der Waals surface area contributed by atoms with Crippen LogP contribution in [0.2, 0.25) is 5.02 Å². The second-order valence-electron chi connectivity index (χ2n) is 6.32. The maximum absolute atomic E-state index is 6.57. The minimum atomic E-state index is 0.631. The number of halogens is 2. The van der Waals surface area contributed by atoms with E-state index in [1.807, 2.05) is 0 Å². The van der Waals surface area contributed by atoms with Crippen molar-refractivity contribution in [3.8, 4) is 0 Å². The largest absolute Gasteiger partial charge is 0.268 e. The van der Waals surface area contributed by atoms with Gasteiger partial charge < -0.3 is 0 Å². The molecule has 1 aromatic heterocycles. The van der Waals surface area contributed by atoms with Crippen molar-refractivity contribution in [1.29, 1.82) is 0 Å². The van der Waals surface area contributed by atoms with Crippen LogP contribution < -0.4 is 0 Å². The number of aryl methyl sites for hydroxylation is 2. The van der Waals surface area contributed by atoms with Crippen molar-refractivity contribution < 1.29 is 0 Å². The summed E-state index contributed by atoms with van der Waals surface area (Å²) in [5.74, 6) is 1.59. The summed E-state index contributed by atoms with van der Waals surface area (Å²) >= 11 is 10.5. The van der Waals surface area contributed by atoms with Gasteiger partial charge in [-0.2, -0.15) is 5.10 Å². The third kappa shape index (κ3) is 4.04. The van der Waals surface area contributed by atoms with E-state index < -0.39 is 0 Å². The SMILES string of the molecule is CCCC1CCC(Br)C(Cc2c(Cl)c(CC)nn2CC)C1. The van der Waals surface area contributed by atoms with E-state index in [-0.39, 0.29) is 0 Å². The maximum Gasteiger partial charge on any atom is 0.0849 e. The van der Waals surface area contributed by atoms with Gasteiger partial charge in [0.25, 0.3) is 0 Å². The molecular weight excluding hydrogens is 348 g/mol. The van der Waals surface area contributed by atoms with Crippen LogP contribution >= 0.6 is 27.5 Å². The van der Waals surface area contributed by atoms with Crippen molar-refractivity contribution >= 4 is 27.5 Å². The Kier molecular flexibility index (Phi) is 6.61. The van der Waals surface area contributed by atoms with Gasteiger partial charge >= 0.3 is 0 Å². The molecule has 120 valence electrons. The molecular formula is C17H28BrClN2. The molecule has 1 aliphatic carbocycles. The van der Waals surface area contributed by atoms with E-state index >= 15 is 0 Å². The quantitative estimate of drug-likeness (QED) is 0.588. The lowest BCUT2D eigenvalue weighted by Crippen LogP contribution is -2.27. The molecule has 21 heavy (non-hydrogen) atoms. The highest BCUT2D eigenvalue weighted by atomic mass is 79.9. The van der Waals surface area contributed by atoms with Crippen LogP contribution in [0.15, 0.2) is 0 Å². The molecule has 1 heterocycles. The van der Waals surface area contributed by atoms with Crippen LogP contribution in [0.25, 0.3) is 0 Å². The van der Waals surface area contributed by atoms with Gasteiger partial charge in [0, 0.05) is 11.4 Å². The summed E-state index contributed by atoms with van der Waals surface area (Å²) < 4.78 is 2.12. The third-order valence-corrected chi connectivity index (χ3v) is 6.49. The second kappa shape index (κ2) is 8.01. The van der Waals surface area contributed by atoms with Crippen molar-refractivity contribution in [3.63, 3.8) is 0 Å². The zero-order valence-corrected chi connectivity index (χ0v) is 15.9. The summed E-state index contributed by atoms with van der Waals surface area (Å²) in [5, 5.41) is 5.58. The fraction of sp³-hybridized carbons (Fsp3) is 0.824. The van der Waals surface area contributed by atoms with Gasteiger partial charge in [-0.3, -0.25) is 4.68 Å². The Balaban J connectivity index is 2.14. The van der Waals surface area contributed by atoms with Crippen LogP contribution in [0, 0.1) is 11.8 Å². The van der Waals surface area contributed by atoms with Gasteiger partial charge in [0.05, 0.1) is 16.4 Å². The van der Waals surface area contributed by atoms with E-state index in [1.54, 1.807) is 0 Å². The molecule has 0 aliphatic heterocycles. The normalized spacial score (nSPS) is 26.2. The smallest absolute Gasteiger partial charge is 0.0849 e. The molecule has 0 N–H and O–H groups in total. The van der Waals surface area contributed by atoms with E-state index in [9.17, 15) is 0 Å². The Morgan fingerprint density at radius 1 is 1.29 bits per heavy atom. The lowest BCUT2D eigenvalue weighted by molar-refractivity contribution is 0.260. The number of nitrogens with zero attached hydrogens (tertiary/aromatic N) is 2. The van der Waals surface area contributed by atoms with E-state index in [0.29, 0.717) is 10.7 Å². The van der Waals surface area contributed by atoms with Crippen LogP contribution in [-0.4, -0.2) is 14.6 Å². The monoisotopic (exact) mass is 374 g/mol. The summed E-state index contributed by atoms with van der Waals surface area (Å²) in [5.41, 5.74) is 2.31. The van der Waals surface area contributed by atoms with Gasteiger partial charge in [0.15, 0.2) is 0 Å². The molecule has 2 rings (SSSR count). The van der Waals surface area contributed by atoms with Gasteiger partial charge in [-0.15, -0.1) is 0 Å². The van der Waals surface area contributed by atoms with E-state index in [2.05, 4.69) is 46.5 Å². The zero-order chi connectivity index (χ0) is 15.4. The van der Waals surface area contributed by atoms with Crippen LogP contribution in [0.4, 0.5) is 0 Å². The van der Waals surface area contributed by atoms with E-state index in [4.69, 9.17) is 11.6 Å². The average Bonchev–Trinajstić information content (AvgIpc) is 2.79. The standard InChI is InChI=1S/C17H28BrClN2/c1-4-7-12-8-9-14(18)13(10-12)11-16-17(19)15(5-2)20-21(16)6-3/h12-14H,4-11H2,1-3H3. The molecule has 0 bridgehead atoms. The number of rotatable bonds is 6. The first-order valence-corrected chi connectivity index (χ1v) is 9.78. The zero-order valence-electron chi connectivity index (χ0n) is 13.5. The van der Waals surface area contributed by atoms with Crippen molar-refractivity contribution in [2.45, 2.75) is 77.1 Å². The van der Waals surface area contributed by atoms with Gasteiger partial charge in [-0.25, -0.2) is 0 Å². The molecule has 4 heteroatoms. The predicted molar refractivity (Wildman–Crippen MR) is 94.4 cm³/mol. The lowest BCUT2D eigenvalue weighted by Gasteiger charge is -2.33. The minimum absolute atomic E-state index is 0.631. The van der Waals surface area contributed by atoms with Crippen LogP contribution in [-0.2, 0) is 19.4 Å². The van der Waals surface area contributed by atoms with Crippen molar-refractivity contribution in [3.05, 3.63) is 16.4 Å². The first-order chi connectivity index (χ1) is 10.1. The molecule has 1 saturated carbocycles. The summed E-state index contributed by atoms with van der Waals surface area (Å²) in [6.45, 7) is 7.49. The first kappa shape index (κ1) is 17.3. The molecule has 0 amide bonds. The lowest BCUT2D eigenvalue weighted by atomic mass is 9.77. The highest BCUT2D eigenvalue weighted by Crippen LogP contribution is 2.39. The number of alkyl halides is 1. The minimum Gasteiger partial charge on any atom is -0.268 e. The third-order valence-electron chi connectivity index (χ3n) is 4.84. The Bertz CT molecular complexity index is 458. The molecule has 0 saturated heterocycles. The van der Waals surface area contributed by atoms with Gasteiger partial charge in [0.2, 0.25) is 0 Å². The highest BCUT2D eigenvalue weighted by molar-refractivity contribution is 9.09. The Morgan fingerprint density at radius 2 is 2.05 bits per heavy atom. The Labute approximate surface area is 142 Å². The molecule has 1 fully saturated rings. The Morgan fingerprint density at radius 3 is 2.67 bits per heavy atom. The van der Waals surface area contributed by atoms with Crippen molar-refractivity contribution in [2.75, 3.05) is 0 Å². The summed E-state index contributed by atoms with van der Waals surface area (Å²) in [4.78, 5) is 0.631. The van der Waals surface area contributed by atoms with Crippen LogP contribution in [0.1, 0.15) is 64.3 Å². The summed E-state index contributed by atoms with van der Waals surface area (Å²) in [7, 11) is 0. The number of aromatic nitrogens is 2. The van der Waals surface area contributed by atoms with Crippen molar-refractivity contribution in [1.82, 2.24) is 9.78 Å². The number of hydrogen-bond acceptors (Lipinski definition) is 1. The van der Waals surface area contributed by atoms with Gasteiger partial charge in [-0.05, 0) is 50.9 Å². The Hall–Kier alpha value is -0.0200. The van der Waals surface area contributed by atoms with Crippen LogP contribution in [0.3, 0.4) is 0 Å². The maximum atomic E-state index is 6.57. The molecule has 2 nitrogen and oxygen atoms in total. The summed E-state index contributed by atoms with van der Waals surface area (Å²) in [6.07, 6.45) is 8.66.